The van der Waals surface area contributed by atoms with Gasteiger partial charge in [0.2, 0.25) is 5.54 Å². The highest BCUT2D eigenvalue weighted by Crippen LogP contribution is 2.30. The molecule has 76 valence electrons. The van der Waals surface area contributed by atoms with Crippen LogP contribution in [0.2, 0.25) is 0 Å². The van der Waals surface area contributed by atoms with Gasteiger partial charge >= 0.3 is 5.97 Å². The molecule has 1 atom stereocenters. The molecule has 0 spiro atoms. The summed E-state index contributed by atoms with van der Waals surface area (Å²) in [5.41, 5.74) is 6.75. The summed E-state index contributed by atoms with van der Waals surface area (Å²) in [7, 11) is 1.18. The highest BCUT2D eigenvalue weighted by Gasteiger charge is 2.47. The van der Waals surface area contributed by atoms with Crippen molar-refractivity contribution in [3.8, 4) is 0 Å². The van der Waals surface area contributed by atoms with E-state index in [-0.39, 0.29) is 18.6 Å². The van der Waals surface area contributed by atoms with E-state index >= 15 is 0 Å². The molecule has 14 heavy (non-hydrogen) atoms. The molecule has 0 aliphatic heterocycles. The number of hydrogen-bond donors (Lipinski definition) is 0. The number of nitrogens with zero attached hydrogens (tertiary/aromatic N) is 3. The molecule has 1 aliphatic rings. The first-order valence-corrected chi connectivity index (χ1v) is 4.35. The van der Waals surface area contributed by atoms with Crippen molar-refractivity contribution in [2.45, 2.75) is 31.2 Å². The van der Waals surface area contributed by atoms with Crippen molar-refractivity contribution in [3.63, 3.8) is 0 Å². The lowest BCUT2D eigenvalue weighted by Crippen LogP contribution is -2.47. The monoisotopic (exact) mass is 197 g/mol. The number of hydrogen-bond acceptors (Lipinski definition) is 4. The number of ether oxygens (including phenoxy) is 1. The van der Waals surface area contributed by atoms with Crippen molar-refractivity contribution in [3.05, 3.63) is 10.4 Å². The Labute approximate surface area is 80.9 Å². The topological polar surface area (TPSA) is 92.1 Å². The smallest absolute Gasteiger partial charge is 0.325 e. The van der Waals surface area contributed by atoms with Crippen LogP contribution in [0.15, 0.2) is 5.11 Å². The molecule has 0 aromatic carbocycles. The summed E-state index contributed by atoms with van der Waals surface area (Å²) in [6, 6.07) is 0. The van der Waals surface area contributed by atoms with E-state index in [0.717, 1.165) is 6.42 Å². The molecule has 0 aromatic heterocycles. The van der Waals surface area contributed by atoms with E-state index in [1.165, 1.54) is 7.11 Å². The summed E-state index contributed by atoms with van der Waals surface area (Å²) in [4.78, 5) is 25.5. The van der Waals surface area contributed by atoms with E-state index in [1.54, 1.807) is 0 Å². The van der Waals surface area contributed by atoms with Gasteiger partial charge in [-0.3, -0.25) is 9.59 Å². The number of carbonyl (C=O) groups is 2. The van der Waals surface area contributed by atoms with Crippen molar-refractivity contribution < 1.29 is 14.3 Å². The van der Waals surface area contributed by atoms with Gasteiger partial charge in [-0.2, -0.15) is 0 Å². The summed E-state index contributed by atoms with van der Waals surface area (Å²) < 4.78 is 4.49. The van der Waals surface area contributed by atoms with Gasteiger partial charge in [-0.25, -0.2) is 0 Å². The summed E-state index contributed by atoms with van der Waals surface area (Å²) >= 11 is 0. The lowest BCUT2D eigenvalue weighted by Gasteiger charge is -2.27. The van der Waals surface area contributed by atoms with Crippen LogP contribution >= 0.6 is 0 Å². The highest BCUT2D eigenvalue weighted by atomic mass is 16.5. The molecule has 1 saturated carbocycles. The molecular formula is C8H11N3O3. The zero-order valence-electron chi connectivity index (χ0n) is 7.89. The van der Waals surface area contributed by atoms with Crippen molar-refractivity contribution >= 4 is 11.8 Å². The van der Waals surface area contributed by atoms with Gasteiger partial charge in [0.1, 0.15) is 0 Å². The lowest BCUT2D eigenvalue weighted by molar-refractivity contribution is -0.152. The summed E-state index contributed by atoms with van der Waals surface area (Å²) in [5, 5.41) is 3.32. The summed E-state index contributed by atoms with van der Waals surface area (Å²) in [6.45, 7) is 0. The standard InChI is InChI=1S/C8H11N3O3/c1-14-7(13)8(10-11-9)5-3-2-4-6(8)12/h2-5H2,1H3. The Morgan fingerprint density at radius 3 is 2.86 bits per heavy atom. The van der Waals surface area contributed by atoms with Crippen LogP contribution in [-0.2, 0) is 14.3 Å². The second kappa shape index (κ2) is 4.11. The molecule has 0 aromatic rings. The van der Waals surface area contributed by atoms with Gasteiger partial charge < -0.3 is 4.74 Å². The molecule has 1 fully saturated rings. The third-order valence-electron chi connectivity index (χ3n) is 2.39. The Morgan fingerprint density at radius 2 is 2.36 bits per heavy atom. The fourth-order valence-electron chi connectivity index (χ4n) is 1.62. The molecule has 6 nitrogen and oxygen atoms in total. The minimum Gasteiger partial charge on any atom is -0.468 e. The van der Waals surface area contributed by atoms with Crippen molar-refractivity contribution in [2.24, 2.45) is 5.11 Å². The molecule has 1 rings (SSSR count). The molecule has 0 saturated heterocycles. The van der Waals surface area contributed by atoms with E-state index in [0.29, 0.717) is 6.42 Å². The second-order valence-electron chi connectivity index (χ2n) is 3.17. The van der Waals surface area contributed by atoms with Crippen LogP contribution < -0.4 is 0 Å². The molecule has 0 heterocycles. The number of Topliss-reactive ketones (excluding diaryl/α,β-unsaturated/α-hetero) is 1. The van der Waals surface area contributed by atoms with Crippen molar-refractivity contribution in [1.82, 2.24) is 0 Å². The first-order valence-electron chi connectivity index (χ1n) is 4.35. The average Bonchev–Trinajstić information content (AvgIpc) is 2.20. The van der Waals surface area contributed by atoms with E-state index in [1.807, 2.05) is 0 Å². The first-order chi connectivity index (χ1) is 6.67. The molecule has 1 unspecified atom stereocenters. The van der Waals surface area contributed by atoms with Gasteiger partial charge in [-0.1, -0.05) is 11.5 Å². The quantitative estimate of drug-likeness (QED) is 0.220. The van der Waals surface area contributed by atoms with Crippen LogP contribution in [0.3, 0.4) is 0 Å². The van der Waals surface area contributed by atoms with E-state index in [9.17, 15) is 9.59 Å². The van der Waals surface area contributed by atoms with Crippen LogP contribution in [0, 0.1) is 0 Å². The predicted octanol–water partition coefficient (Wildman–Crippen LogP) is 1.35. The fraction of sp³-hybridized carbons (Fsp3) is 0.750. The van der Waals surface area contributed by atoms with Gasteiger partial charge in [0.15, 0.2) is 5.78 Å². The summed E-state index contributed by atoms with van der Waals surface area (Å²) in [5.74, 6) is -1.09. The fourth-order valence-corrected chi connectivity index (χ4v) is 1.62. The van der Waals surface area contributed by atoms with E-state index in [2.05, 4.69) is 14.8 Å². The maximum atomic E-state index is 11.5. The van der Waals surface area contributed by atoms with Gasteiger partial charge in [0.25, 0.3) is 0 Å². The van der Waals surface area contributed by atoms with Gasteiger partial charge in [-0.15, -0.1) is 0 Å². The maximum Gasteiger partial charge on any atom is 0.325 e. The molecular weight excluding hydrogens is 186 g/mol. The predicted molar refractivity (Wildman–Crippen MR) is 47.4 cm³/mol. The lowest BCUT2D eigenvalue weighted by atomic mass is 9.81. The van der Waals surface area contributed by atoms with Crippen molar-refractivity contribution in [1.29, 1.82) is 0 Å². The molecule has 1 aliphatic carbocycles. The zero-order chi connectivity index (χ0) is 10.6. The molecule has 6 heteroatoms. The SMILES string of the molecule is COC(=O)C1(N=[N+]=[N-])CCCCC1=O. The minimum atomic E-state index is -1.60. The normalized spacial score (nSPS) is 26.5. The third-order valence-corrected chi connectivity index (χ3v) is 2.39. The molecule has 0 N–H and O–H groups in total. The number of methoxy groups -OCH3 is 1. The van der Waals surface area contributed by atoms with Gasteiger partial charge in [-0.05, 0) is 18.4 Å². The molecule has 0 radical (unpaired) electrons. The van der Waals surface area contributed by atoms with E-state index in [4.69, 9.17) is 5.53 Å². The first kappa shape index (κ1) is 10.5. The average molecular weight is 197 g/mol. The Hall–Kier alpha value is -1.55. The summed E-state index contributed by atoms with van der Waals surface area (Å²) in [6.07, 6.45) is 1.95. The third kappa shape index (κ3) is 1.56. The van der Waals surface area contributed by atoms with Gasteiger partial charge in [0.05, 0.1) is 7.11 Å². The Morgan fingerprint density at radius 1 is 1.64 bits per heavy atom. The number of azide groups is 1. The van der Waals surface area contributed by atoms with Gasteiger partial charge in [0, 0.05) is 11.3 Å². The number of ketones is 1. The number of esters is 1. The molecule has 0 amide bonds. The van der Waals surface area contributed by atoms with Crippen LogP contribution in [0.1, 0.15) is 25.7 Å². The second-order valence-corrected chi connectivity index (χ2v) is 3.17. The molecule has 0 bridgehead atoms. The Bertz CT molecular complexity index is 299. The number of rotatable bonds is 2. The zero-order valence-corrected chi connectivity index (χ0v) is 7.89. The van der Waals surface area contributed by atoms with Crippen molar-refractivity contribution in [2.75, 3.05) is 7.11 Å². The van der Waals surface area contributed by atoms with Crippen LogP contribution in [0.5, 0.6) is 0 Å². The van der Waals surface area contributed by atoms with Crippen LogP contribution in [-0.4, -0.2) is 24.4 Å². The van der Waals surface area contributed by atoms with Crippen LogP contribution in [0.25, 0.3) is 10.4 Å². The number of carbonyl (C=O) groups excluding carboxylic acids is 2. The Kier molecular flexibility index (Phi) is 3.09. The highest BCUT2D eigenvalue weighted by molar-refractivity contribution is 6.09. The maximum absolute atomic E-state index is 11.5. The van der Waals surface area contributed by atoms with Crippen LogP contribution in [0.4, 0.5) is 0 Å². The largest absolute Gasteiger partial charge is 0.468 e. The van der Waals surface area contributed by atoms with E-state index < -0.39 is 11.5 Å². The Balaban J connectivity index is 3.06. The minimum absolute atomic E-state index is 0.253.